The molecular weight excluding hydrogens is 342 g/mol. The summed E-state index contributed by atoms with van der Waals surface area (Å²) in [7, 11) is 0. The summed E-state index contributed by atoms with van der Waals surface area (Å²) in [5.74, 6) is 0.827. The first kappa shape index (κ1) is 17.7. The van der Waals surface area contributed by atoms with Gasteiger partial charge in [0, 0.05) is 44.2 Å². The number of carbonyl (C=O) groups is 1. The standard InChI is InChI=1S/C19H25N7O/c1-13(27)22-12-17-24-16-11-23-19-15(3-7-21-19)18(16)26(17)14-4-9-25(10-5-14)8-2-6-20/h3,6-7,11,14,20H,2,4-5,8-10,12H2,1H3,(H,21,23)(H,22,27). The van der Waals surface area contributed by atoms with Crippen LogP contribution in [0.4, 0.5) is 0 Å². The highest BCUT2D eigenvalue weighted by molar-refractivity contribution is 6.01. The van der Waals surface area contributed by atoms with Crippen LogP contribution in [-0.4, -0.2) is 56.2 Å². The van der Waals surface area contributed by atoms with Crippen LogP contribution in [0.25, 0.3) is 22.1 Å². The number of imidazole rings is 1. The summed E-state index contributed by atoms with van der Waals surface area (Å²) in [6.07, 6.45) is 8.07. The van der Waals surface area contributed by atoms with Crippen LogP contribution in [0.3, 0.4) is 0 Å². The van der Waals surface area contributed by atoms with Crippen molar-refractivity contribution in [3.05, 3.63) is 24.3 Å². The van der Waals surface area contributed by atoms with Gasteiger partial charge in [0.1, 0.15) is 17.0 Å². The van der Waals surface area contributed by atoms with Crippen molar-refractivity contribution in [2.75, 3.05) is 19.6 Å². The molecule has 1 aliphatic rings. The van der Waals surface area contributed by atoms with E-state index in [1.807, 2.05) is 12.3 Å². The first-order valence-electron chi connectivity index (χ1n) is 9.46. The van der Waals surface area contributed by atoms with E-state index in [2.05, 4.69) is 24.8 Å². The normalized spacial score (nSPS) is 16.2. The molecule has 4 heterocycles. The number of carbonyl (C=O) groups excluding carboxylic acids is 1. The Morgan fingerprint density at radius 2 is 2.26 bits per heavy atom. The predicted octanol–water partition coefficient (Wildman–Crippen LogP) is 2.23. The summed E-state index contributed by atoms with van der Waals surface area (Å²) in [5, 5.41) is 11.2. The number of nitrogens with zero attached hydrogens (tertiary/aromatic N) is 4. The molecule has 0 bridgehead atoms. The predicted molar refractivity (Wildman–Crippen MR) is 105 cm³/mol. The molecule has 0 atom stereocenters. The maximum absolute atomic E-state index is 11.4. The lowest BCUT2D eigenvalue weighted by Gasteiger charge is -2.33. The molecule has 4 rings (SSSR count). The molecule has 3 N–H and O–H groups in total. The monoisotopic (exact) mass is 367 g/mol. The van der Waals surface area contributed by atoms with Gasteiger partial charge in [-0.2, -0.15) is 0 Å². The number of piperidine rings is 1. The number of pyridine rings is 1. The van der Waals surface area contributed by atoms with Gasteiger partial charge in [-0.3, -0.25) is 4.79 Å². The molecule has 0 aliphatic carbocycles. The fourth-order valence-electron chi connectivity index (χ4n) is 4.01. The SMILES string of the molecule is CC(=O)NCc1nc2cnc3[nH]ccc3c2n1C1CCN(CCC=N)CC1. The number of aromatic amines is 1. The number of rotatable bonds is 6. The Labute approximate surface area is 157 Å². The van der Waals surface area contributed by atoms with Gasteiger partial charge in [0.25, 0.3) is 0 Å². The third-order valence-corrected chi connectivity index (χ3v) is 5.31. The summed E-state index contributed by atoms with van der Waals surface area (Å²) in [6.45, 7) is 4.93. The highest BCUT2D eigenvalue weighted by Gasteiger charge is 2.25. The maximum Gasteiger partial charge on any atom is 0.217 e. The Morgan fingerprint density at radius 3 is 3.00 bits per heavy atom. The molecule has 0 spiro atoms. The van der Waals surface area contributed by atoms with Crippen molar-refractivity contribution in [3.8, 4) is 0 Å². The van der Waals surface area contributed by atoms with Crippen molar-refractivity contribution in [3.63, 3.8) is 0 Å². The molecule has 1 aliphatic heterocycles. The molecule has 3 aromatic heterocycles. The number of hydrogen-bond donors (Lipinski definition) is 3. The van der Waals surface area contributed by atoms with Crippen LogP contribution in [0.5, 0.6) is 0 Å². The van der Waals surface area contributed by atoms with Crippen molar-refractivity contribution in [2.24, 2.45) is 0 Å². The van der Waals surface area contributed by atoms with Crippen molar-refractivity contribution >= 4 is 34.2 Å². The number of nitrogens with one attached hydrogen (secondary N) is 3. The molecule has 0 saturated carbocycles. The average Bonchev–Trinajstić information content (AvgIpc) is 3.28. The molecule has 0 radical (unpaired) electrons. The van der Waals surface area contributed by atoms with Crippen molar-refractivity contribution in [1.29, 1.82) is 5.41 Å². The van der Waals surface area contributed by atoms with Crippen LogP contribution in [-0.2, 0) is 11.3 Å². The van der Waals surface area contributed by atoms with E-state index in [4.69, 9.17) is 10.4 Å². The second kappa shape index (κ2) is 7.48. The van der Waals surface area contributed by atoms with Crippen LogP contribution in [0.2, 0.25) is 0 Å². The van der Waals surface area contributed by atoms with Gasteiger partial charge in [0.05, 0.1) is 18.3 Å². The van der Waals surface area contributed by atoms with Gasteiger partial charge in [-0.25, -0.2) is 9.97 Å². The van der Waals surface area contributed by atoms with Crippen LogP contribution in [0, 0.1) is 5.41 Å². The van der Waals surface area contributed by atoms with Gasteiger partial charge < -0.3 is 25.2 Å². The molecule has 142 valence electrons. The number of amides is 1. The van der Waals surface area contributed by atoms with Gasteiger partial charge in [0.15, 0.2) is 0 Å². The lowest BCUT2D eigenvalue weighted by molar-refractivity contribution is -0.119. The van der Waals surface area contributed by atoms with E-state index in [-0.39, 0.29) is 5.91 Å². The zero-order valence-corrected chi connectivity index (χ0v) is 15.5. The molecule has 1 amide bonds. The van der Waals surface area contributed by atoms with E-state index >= 15 is 0 Å². The van der Waals surface area contributed by atoms with Crippen molar-refractivity contribution < 1.29 is 4.79 Å². The smallest absolute Gasteiger partial charge is 0.217 e. The Morgan fingerprint density at radius 1 is 1.44 bits per heavy atom. The van der Waals surface area contributed by atoms with E-state index in [9.17, 15) is 4.79 Å². The lowest BCUT2D eigenvalue weighted by atomic mass is 10.0. The van der Waals surface area contributed by atoms with Gasteiger partial charge in [-0.05, 0) is 31.5 Å². The fourth-order valence-corrected chi connectivity index (χ4v) is 4.01. The van der Waals surface area contributed by atoms with Crippen LogP contribution < -0.4 is 5.32 Å². The second-order valence-corrected chi connectivity index (χ2v) is 7.11. The van der Waals surface area contributed by atoms with E-state index < -0.39 is 0 Å². The highest BCUT2D eigenvalue weighted by Crippen LogP contribution is 2.32. The van der Waals surface area contributed by atoms with Crippen LogP contribution >= 0.6 is 0 Å². The minimum absolute atomic E-state index is 0.0556. The number of aromatic nitrogens is 4. The quantitative estimate of drug-likeness (QED) is 0.581. The molecule has 1 saturated heterocycles. The molecule has 27 heavy (non-hydrogen) atoms. The molecule has 3 aromatic rings. The largest absolute Gasteiger partial charge is 0.349 e. The van der Waals surface area contributed by atoms with Crippen LogP contribution in [0.1, 0.15) is 38.1 Å². The van der Waals surface area contributed by atoms with Gasteiger partial charge >= 0.3 is 0 Å². The number of likely N-dealkylation sites (tertiary alicyclic amines) is 1. The van der Waals surface area contributed by atoms with Gasteiger partial charge in [0.2, 0.25) is 5.91 Å². The third kappa shape index (κ3) is 3.44. The number of fused-ring (bicyclic) bond motifs is 3. The molecule has 0 aromatic carbocycles. The zero-order valence-electron chi connectivity index (χ0n) is 15.5. The van der Waals surface area contributed by atoms with Crippen molar-refractivity contribution in [1.82, 2.24) is 29.7 Å². The fraction of sp³-hybridized carbons (Fsp3) is 0.474. The Hall–Kier alpha value is -2.74. The molecule has 8 heteroatoms. The summed E-state index contributed by atoms with van der Waals surface area (Å²) >= 11 is 0. The maximum atomic E-state index is 11.4. The first-order chi connectivity index (χ1) is 13.2. The average molecular weight is 367 g/mol. The minimum atomic E-state index is -0.0556. The Bertz CT molecular complexity index is 965. The molecule has 0 unspecified atom stereocenters. The summed E-state index contributed by atoms with van der Waals surface area (Å²) in [5.41, 5.74) is 2.83. The van der Waals surface area contributed by atoms with E-state index in [1.165, 1.54) is 13.1 Å². The van der Waals surface area contributed by atoms with E-state index in [0.29, 0.717) is 12.6 Å². The minimum Gasteiger partial charge on any atom is -0.349 e. The Kier molecular flexibility index (Phi) is 4.89. The van der Waals surface area contributed by atoms with Crippen LogP contribution in [0.15, 0.2) is 18.5 Å². The molecule has 8 nitrogen and oxygen atoms in total. The zero-order chi connectivity index (χ0) is 18.8. The van der Waals surface area contributed by atoms with E-state index in [1.54, 1.807) is 6.20 Å². The summed E-state index contributed by atoms with van der Waals surface area (Å²) in [6, 6.07) is 2.39. The molecule has 1 fully saturated rings. The first-order valence-corrected chi connectivity index (χ1v) is 9.46. The number of H-pyrrole nitrogens is 1. The summed E-state index contributed by atoms with van der Waals surface area (Å²) in [4.78, 5) is 26.3. The lowest BCUT2D eigenvalue weighted by Crippen LogP contribution is -2.36. The van der Waals surface area contributed by atoms with E-state index in [0.717, 1.165) is 66.8 Å². The highest BCUT2D eigenvalue weighted by atomic mass is 16.1. The van der Waals surface area contributed by atoms with Gasteiger partial charge in [-0.1, -0.05) is 0 Å². The number of hydrogen-bond acceptors (Lipinski definition) is 5. The third-order valence-electron chi connectivity index (χ3n) is 5.31. The van der Waals surface area contributed by atoms with Gasteiger partial charge in [-0.15, -0.1) is 0 Å². The Balaban J connectivity index is 1.70. The topological polar surface area (TPSA) is 103 Å². The molecular formula is C19H25N7O. The second-order valence-electron chi connectivity index (χ2n) is 7.11. The van der Waals surface area contributed by atoms with Crippen molar-refractivity contribution in [2.45, 2.75) is 38.8 Å². The summed E-state index contributed by atoms with van der Waals surface area (Å²) < 4.78 is 2.32.